The van der Waals surface area contributed by atoms with Gasteiger partial charge in [-0.3, -0.25) is 20.2 Å². The molecule has 2 aromatic rings. The predicted octanol–water partition coefficient (Wildman–Crippen LogP) is 5.20. The molecule has 2 rings (SSSR count). The van der Waals surface area contributed by atoms with E-state index in [-0.39, 0.29) is 17.1 Å². The van der Waals surface area contributed by atoms with Crippen molar-refractivity contribution in [1.82, 2.24) is 0 Å². The summed E-state index contributed by atoms with van der Waals surface area (Å²) in [6.07, 6.45) is 0. The highest BCUT2D eigenvalue weighted by Crippen LogP contribution is 2.41. The molecule has 2 aromatic carbocycles. The Morgan fingerprint density at radius 2 is 1.58 bits per heavy atom. The summed E-state index contributed by atoms with van der Waals surface area (Å²) >= 11 is 5.84. The van der Waals surface area contributed by atoms with E-state index < -0.39 is 15.3 Å². The molecule has 0 bridgehead atoms. The maximum absolute atomic E-state index is 11.4. The second kappa shape index (κ2) is 6.45. The Kier molecular flexibility index (Phi) is 4.75. The molecular formula is C16H16ClN3O4. The summed E-state index contributed by atoms with van der Waals surface area (Å²) in [6, 6.07) is 8.99. The number of halogens is 1. The molecular weight excluding hydrogens is 334 g/mol. The van der Waals surface area contributed by atoms with Crippen molar-refractivity contribution in [3.8, 4) is 0 Å². The fraction of sp³-hybridized carbons (Fsp3) is 0.250. The number of hydrogen-bond donors (Lipinski definition) is 1. The fourth-order valence-electron chi connectivity index (χ4n) is 2.26. The van der Waals surface area contributed by atoms with Crippen molar-refractivity contribution >= 4 is 34.4 Å². The molecule has 126 valence electrons. The molecule has 8 heteroatoms. The molecule has 0 saturated carbocycles. The fourth-order valence-corrected chi connectivity index (χ4v) is 2.39. The first kappa shape index (κ1) is 17.7. The number of hydrogen-bond acceptors (Lipinski definition) is 5. The zero-order chi connectivity index (χ0) is 18.1. The van der Waals surface area contributed by atoms with Crippen molar-refractivity contribution in [3.63, 3.8) is 0 Å². The van der Waals surface area contributed by atoms with Gasteiger partial charge in [0.05, 0.1) is 15.9 Å². The predicted molar refractivity (Wildman–Crippen MR) is 93.2 cm³/mol. The van der Waals surface area contributed by atoms with Gasteiger partial charge in [0, 0.05) is 16.8 Å². The van der Waals surface area contributed by atoms with E-state index in [0.29, 0.717) is 16.3 Å². The monoisotopic (exact) mass is 349 g/mol. The Morgan fingerprint density at radius 3 is 2.04 bits per heavy atom. The first-order chi connectivity index (χ1) is 11.1. The average Bonchev–Trinajstić information content (AvgIpc) is 2.48. The van der Waals surface area contributed by atoms with Gasteiger partial charge < -0.3 is 5.32 Å². The van der Waals surface area contributed by atoms with E-state index in [1.54, 1.807) is 24.3 Å². The quantitative estimate of drug-likeness (QED) is 0.604. The average molecular weight is 350 g/mol. The van der Waals surface area contributed by atoms with Crippen LogP contribution in [0, 0.1) is 20.2 Å². The van der Waals surface area contributed by atoms with Gasteiger partial charge in [-0.1, -0.05) is 32.4 Å². The number of rotatable bonds is 4. The third-order valence-corrected chi connectivity index (χ3v) is 3.68. The molecule has 24 heavy (non-hydrogen) atoms. The van der Waals surface area contributed by atoms with Crippen molar-refractivity contribution in [3.05, 3.63) is 67.2 Å². The summed E-state index contributed by atoms with van der Waals surface area (Å²) < 4.78 is 0. The Balaban J connectivity index is 2.68. The normalized spacial score (nSPS) is 11.2. The van der Waals surface area contributed by atoms with Crippen LogP contribution in [0.4, 0.5) is 22.7 Å². The van der Waals surface area contributed by atoms with Gasteiger partial charge in [-0.25, -0.2) is 0 Å². The Bertz CT molecular complexity index is 798. The minimum atomic E-state index is -0.631. The van der Waals surface area contributed by atoms with Gasteiger partial charge >= 0.3 is 0 Å². The van der Waals surface area contributed by atoms with Gasteiger partial charge in [0.15, 0.2) is 0 Å². The van der Waals surface area contributed by atoms with E-state index in [1.807, 2.05) is 20.8 Å². The van der Waals surface area contributed by atoms with Crippen LogP contribution in [-0.2, 0) is 5.41 Å². The van der Waals surface area contributed by atoms with Crippen molar-refractivity contribution in [2.75, 3.05) is 5.32 Å². The van der Waals surface area contributed by atoms with Crippen molar-refractivity contribution in [2.45, 2.75) is 26.2 Å². The van der Waals surface area contributed by atoms with Crippen LogP contribution in [0.5, 0.6) is 0 Å². The molecule has 1 N–H and O–H groups in total. The molecule has 0 fully saturated rings. The first-order valence-corrected chi connectivity index (χ1v) is 7.47. The lowest BCUT2D eigenvalue weighted by Crippen LogP contribution is -2.15. The molecule has 0 saturated heterocycles. The van der Waals surface area contributed by atoms with Crippen LogP contribution in [0.25, 0.3) is 0 Å². The molecule has 0 aliphatic heterocycles. The summed E-state index contributed by atoms with van der Waals surface area (Å²) in [4.78, 5) is 21.3. The molecule has 0 amide bonds. The maximum Gasteiger partial charge on any atom is 0.299 e. The summed E-state index contributed by atoms with van der Waals surface area (Å²) in [5, 5.41) is 26.1. The first-order valence-electron chi connectivity index (χ1n) is 7.09. The zero-order valence-corrected chi connectivity index (χ0v) is 14.1. The number of non-ortho nitro benzene ring substituents is 1. The lowest BCUT2D eigenvalue weighted by Gasteiger charge is -2.23. The van der Waals surface area contributed by atoms with Crippen LogP contribution in [0.15, 0.2) is 36.4 Å². The van der Waals surface area contributed by atoms with Gasteiger partial charge in [0.2, 0.25) is 0 Å². The maximum atomic E-state index is 11.4. The SMILES string of the molecule is CC(C)(C)c1cc([N+](=O)[O-])cc([N+](=O)[O-])c1Nc1ccc(Cl)cc1. The van der Waals surface area contributed by atoms with Gasteiger partial charge in [-0.2, -0.15) is 0 Å². The smallest absolute Gasteiger partial charge is 0.299 e. The second-order valence-corrected chi connectivity index (χ2v) is 6.72. The Morgan fingerprint density at radius 1 is 1.00 bits per heavy atom. The largest absolute Gasteiger partial charge is 0.350 e. The Labute approximate surface area is 143 Å². The van der Waals surface area contributed by atoms with E-state index in [4.69, 9.17) is 11.6 Å². The molecule has 0 atom stereocenters. The van der Waals surface area contributed by atoms with Crippen molar-refractivity contribution in [2.24, 2.45) is 0 Å². The molecule has 0 aromatic heterocycles. The van der Waals surface area contributed by atoms with Crippen LogP contribution in [0.1, 0.15) is 26.3 Å². The summed E-state index contributed by atoms with van der Waals surface area (Å²) in [6.45, 7) is 5.51. The van der Waals surface area contributed by atoms with E-state index in [9.17, 15) is 20.2 Å². The van der Waals surface area contributed by atoms with Gasteiger partial charge in [-0.15, -0.1) is 0 Å². The number of anilines is 2. The molecule has 0 radical (unpaired) electrons. The number of nitrogens with zero attached hydrogens (tertiary/aromatic N) is 2. The lowest BCUT2D eigenvalue weighted by atomic mass is 9.84. The lowest BCUT2D eigenvalue weighted by molar-refractivity contribution is -0.393. The summed E-state index contributed by atoms with van der Waals surface area (Å²) in [5.74, 6) is 0. The third-order valence-electron chi connectivity index (χ3n) is 3.43. The minimum absolute atomic E-state index is 0.237. The molecule has 7 nitrogen and oxygen atoms in total. The van der Waals surface area contributed by atoms with Gasteiger partial charge in [0.25, 0.3) is 11.4 Å². The summed E-state index contributed by atoms with van der Waals surface area (Å²) in [5.41, 5.74) is 0.129. The standard InChI is InChI=1S/C16H16ClN3O4/c1-16(2,3)13-8-12(19(21)22)9-14(20(23)24)15(13)18-11-6-4-10(17)5-7-11/h4-9,18H,1-3H3. The second-order valence-electron chi connectivity index (χ2n) is 6.28. The highest BCUT2D eigenvalue weighted by molar-refractivity contribution is 6.30. The zero-order valence-electron chi connectivity index (χ0n) is 13.4. The van der Waals surface area contributed by atoms with Gasteiger partial charge in [0.1, 0.15) is 5.69 Å². The summed E-state index contributed by atoms with van der Waals surface area (Å²) in [7, 11) is 0. The van der Waals surface area contributed by atoms with E-state index >= 15 is 0 Å². The van der Waals surface area contributed by atoms with Gasteiger partial charge in [-0.05, 0) is 35.2 Å². The van der Waals surface area contributed by atoms with Crippen LogP contribution in [0.2, 0.25) is 5.02 Å². The molecule has 0 unspecified atom stereocenters. The topological polar surface area (TPSA) is 98.3 Å². The third kappa shape index (κ3) is 3.80. The number of nitro benzene ring substituents is 2. The molecule has 0 aliphatic carbocycles. The molecule has 0 heterocycles. The van der Waals surface area contributed by atoms with Crippen molar-refractivity contribution in [1.29, 1.82) is 0 Å². The molecule has 0 spiro atoms. The Hall–Kier alpha value is -2.67. The number of nitrogens with one attached hydrogen (secondary N) is 1. The number of benzene rings is 2. The van der Waals surface area contributed by atoms with Crippen LogP contribution >= 0.6 is 11.6 Å². The van der Waals surface area contributed by atoms with E-state index in [2.05, 4.69) is 5.32 Å². The minimum Gasteiger partial charge on any atom is -0.350 e. The van der Waals surface area contributed by atoms with Crippen molar-refractivity contribution < 1.29 is 9.85 Å². The van der Waals surface area contributed by atoms with E-state index in [0.717, 1.165) is 6.07 Å². The van der Waals surface area contributed by atoms with E-state index in [1.165, 1.54) is 6.07 Å². The molecule has 0 aliphatic rings. The highest BCUT2D eigenvalue weighted by atomic mass is 35.5. The van der Waals surface area contributed by atoms with Crippen LogP contribution < -0.4 is 5.32 Å². The highest BCUT2D eigenvalue weighted by Gasteiger charge is 2.29. The number of nitro groups is 2. The van der Waals surface area contributed by atoms with Crippen LogP contribution in [-0.4, -0.2) is 9.85 Å². The van der Waals surface area contributed by atoms with Crippen LogP contribution in [0.3, 0.4) is 0 Å².